The Balaban J connectivity index is 1.78. The van der Waals surface area contributed by atoms with Gasteiger partial charge in [-0.2, -0.15) is 0 Å². The maximum atomic E-state index is 11.4. The highest BCUT2D eigenvalue weighted by molar-refractivity contribution is 5.78. The minimum absolute atomic E-state index is 0.00704. The predicted molar refractivity (Wildman–Crippen MR) is 49.6 cm³/mol. The van der Waals surface area contributed by atoms with Crippen LogP contribution in [-0.4, -0.2) is 30.0 Å². The van der Waals surface area contributed by atoms with E-state index in [0.29, 0.717) is 12.1 Å². The molecular formula is C9H13N3O2. The van der Waals surface area contributed by atoms with Gasteiger partial charge in [-0.3, -0.25) is 4.79 Å². The zero-order valence-electron chi connectivity index (χ0n) is 7.82. The van der Waals surface area contributed by atoms with E-state index < -0.39 is 0 Å². The summed E-state index contributed by atoms with van der Waals surface area (Å²) in [7, 11) is 0. The summed E-state index contributed by atoms with van der Waals surface area (Å²) >= 11 is 0. The number of hydrogen-bond donors (Lipinski definition) is 2. The van der Waals surface area contributed by atoms with Crippen molar-refractivity contribution in [2.75, 3.05) is 13.1 Å². The largest absolute Gasteiger partial charge is 0.451 e. The second-order valence-corrected chi connectivity index (χ2v) is 3.41. The molecule has 5 heteroatoms. The van der Waals surface area contributed by atoms with Gasteiger partial charge in [-0.1, -0.05) is 0 Å². The number of oxazole rings is 1. The Labute approximate surface area is 81.9 Å². The molecule has 2 rings (SSSR count). The molecule has 1 atom stereocenters. The van der Waals surface area contributed by atoms with Crippen molar-refractivity contribution in [1.82, 2.24) is 15.6 Å². The molecule has 0 spiro atoms. The third-order valence-corrected chi connectivity index (χ3v) is 2.25. The van der Waals surface area contributed by atoms with Crippen LogP contribution in [0.5, 0.6) is 0 Å². The van der Waals surface area contributed by atoms with Crippen LogP contribution in [-0.2, 0) is 11.2 Å². The number of aromatic nitrogens is 1. The molecule has 14 heavy (non-hydrogen) atoms. The molecule has 1 aromatic heterocycles. The molecule has 1 aromatic rings. The van der Waals surface area contributed by atoms with E-state index in [1.165, 1.54) is 12.7 Å². The van der Waals surface area contributed by atoms with Crippen molar-refractivity contribution in [3.05, 3.63) is 18.4 Å². The third-order valence-electron chi connectivity index (χ3n) is 2.25. The Kier molecular flexibility index (Phi) is 2.78. The first-order valence-electron chi connectivity index (χ1n) is 4.72. The monoisotopic (exact) mass is 195 g/mol. The molecule has 1 amide bonds. The number of hydrogen-bond acceptors (Lipinski definition) is 4. The first-order valence-corrected chi connectivity index (χ1v) is 4.72. The van der Waals surface area contributed by atoms with Crippen LogP contribution in [0.4, 0.5) is 0 Å². The average Bonchev–Trinajstić information content (AvgIpc) is 2.76. The maximum Gasteiger partial charge on any atom is 0.226 e. The second kappa shape index (κ2) is 4.23. The Hall–Kier alpha value is -1.36. The van der Waals surface area contributed by atoms with Gasteiger partial charge in [-0.15, -0.1) is 0 Å². The van der Waals surface area contributed by atoms with E-state index in [2.05, 4.69) is 15.6 Å². The van der Waals surface area contributed by atoms with Gasteiger partial charge < -0.3 is 15.1 Å². The maximum absolute atomic E-state index is 11.4. The van der Waals surface area contributed by atoms with Gasteiger partial charge in [0, 0.05) is 12.6 Å². The molecule has 1 aliphatic heterocycles. The van der Waals surface area contributed by atoms with Crippen LogP contribution >= 0.6 is 0 Å². The Morgan fingerprint density at radius 1 is 1.79 bits per heavy atom. The van der Waals surface area contributed by atoms with Gasteiger partial charge in [-0.25, -0.2) is 4.98 Å². The standard InChI is InChI=1S/C9H13N3O2/c13-9(3-8-5-14-6-11-8)12-7-1-2-10-4-7/h5-7,10H,1-4H2,(H,12,13). The van der Waals surface area contributed by atoms with Crippen molar-refractivity contribution in [3.8, 4) is 0 Å². The lowest BCUT2D eigenvalue weighted by Gasteiger charge is -2.09. The fourth-order valence-electron chi connectivity index (χ4n) is 1.55. The number of nitrogens with zero attached hydrogens (tertiary/aromatic N) is 1. The van der Waals surface area contributed by atoms with Crippen molar-refractivity contribution in [2.24, 2.45) is 0 Å². The van der Waals surface area contributed by atoms with Crippen LogP contribution in [0.1, 0.15) is 12.1 Å². The van der Waals surface area contributed by atoms with E-state index in [1.807, 2.05) is 0 Å². The molecule has 0 saturated carbocycles. The zero-order valence-corrected chi connectivity index (χ0v) is 7.82. The lowest BCUT2D eigenvalue weighted by molar-refractivity contribution is -0.121. The molecule has 0 radical (unpaired) electrons. The quantitative estimate of drug-likeness (QED) is 0.694. The van der Waals surface area contributed by atoms with Crippen molar-refractivity contribution >= 4 is 5.91 Å². The highest BCUT2D eigenvalue weighted by Crippen LogP contribution is 1.99. The molecule has 0 bridgehead atoms. The number of nitrogens with one attached hydrogen (secondary N) is 2. The van der Waals surface area contributed by atoms with E-state index in [1.54, 1.807) is 0 Å². The van der Waals surface area contributed by atoms with E-state index in [9.17, 15) is 4.79 Å². The molecule has 2 heterocycles. The van der Waals surface area contributed by atoms with Crippen LogP contribution in [0, 0.1) is 0 Å². The number of carbonyl (C=O) groups is 1. The first kappa shape index (κ1) is 9.21. The highest BCUT2D eigenvalue weighted by atomic mass is 16.3. The normalized spacial score (nSPS) is 21.0. The summed E-state index contributed by atoms with van der Waals surface area (Å²) in [6.07, 6.45) is 4.13. The molecule has 1 aliphatic rings. The first-order chi connectivity index (χ1) is 6.84. The molecule has 1 saturated heterocycles. The minimum atomic E-state index is 0.00704. The van der Waals surface area contributed by atoms with Gasteiger partial charge in [-0.05, 0) is 13.0 Å². The minimum Gasteiger partial charge on any atom is -0.451 e. The molecule has 1 unspecified atom stereocenters. The summed E-state index contributed by atoms with van der Waals surface area (Å²) in [5.74, 6) is 0.00704. The molecule has 0 aromatic carbocycles. The van der Waals surface area contributed by atoms with E-state index in [4.69, 9.17) is 4.42 Å². The van der Waals surface area contributed by atoms with Crippen LogP contribution < -0.4 is 10.6 Å². The zero-order chi connectivity index (χ0) is 9.80. The third kappa shape index (κ3) is 2.32. The van der Waals surface area contributed by atoms with Gasteiger partial charge in [0.1, 0.15) is 6.26 Å². The van der Waals surface area contributed by atoms with Crippen molar-refractivity contribution < 1.29 is 9.21 Å². The molecule has 76 valence electrons. The van der Waals surface area contributed by atoms with Crippen molar-refractivity contribution in [1.29, 1.82) is 0 Å². The number of carbonyl (C=O) groups excluding carboxylic acids is 1. The van der Waals surface area contributed by atoms with Gasteiger partial charge in [0.05, 0.1) is 12.1 Å². The van der Waals surface area contributed by atoms with Crippen molar-refractivity contribution in [3.63, 3.8) is 0 Å². The average molecular weight is 195 g/mol. The highest BCUT2D eigenvalue weighted by Gasteiger charge is 2.16. The summed E-state index contributed by atoms with van der Waals surface area (Å²) in [6.45, 7) is 1.85. The smallest absolute Gasteiger partial charge is 0.226 e. The molecule has 5 nitrogen and oxygen atoms in total. The van der Waals surface area contributed by atoms with Gasteiger partial charge in [0.15, 0.2) is 6.39 Å². The summed E-state index contributed by atoms with van der Waals surface area (Å²) < 4.78 is 4.78. The predicted octanol–water partition coefficient (Wildman–Crippen LogP) is -0.305. The van der Waals surface area contributed by atoms with Crippen LogP contribution in [0.15, 0.2) is 17.1 Å². The lowest BCUT2D eigenvalue weighted by Crippen LogP contribution is -2.37. The van der Waals surface area contributed by atoms with E-state index >= 15 is 0 Å². The Morgan fingerprint density at radius 2 is 2.71 bits per heavy atom. The van der Waals surface area contributed by atoms with Crippen LogP contribution in [0.25, 0.3) is 0 Å². The number of amides is 1. The summed E-state index contributed by atoms with van der Waals surface area (Å²) in [6, 6.07) is 0.273. The summed E-state index contributed by atoms with van der Waals surface area (Å²) in [4.78, 5) is 15.3. The number of rotatable bonds is 3. The Morgan fingerprint density at radius 3 is 3.36 bits per heavy atom. The molecular weight excluding hydrogens is 182 g/mol. The SMILES string of the molecule is O=C(Cc1cocn1)NC1CCNC1. The van der Waals surface area contributed by atoms with Crippen LogP contribution in [0.3, 0.4) is 0 Å². The topological polar surface area (TPSA) is 67.2 Å². The van der Waals surface area contributed by atoms with Crippen molar-refractivity contribution in [2.45, 2.75) is 18.9 Å². The fourth-order valence-corrected chi connectivity index (χ4v) is 1.55. The molecule has 0 aliphatic carbocycles. The van der Waals surface area contributed by atoms with E-state index in [0.717, 1.165) is 19.5 Å². The van der Waals surface area contributed by atoms with Crippen LogP contribution in [0.2, 0.25) is 0 Å². The summed E-state index contributed by atoms with van der Waals surface area (Å²) in [5.41, 5.74) is 0.674. The van der Waals surface area contributed by atoms with Gasteiger partial charge in [0.2, 0.25) is 5.91 Å². The lowest BCUT2D eigenvalue weighted by atomic mass is 10.2. The van der Waals surface area contributed by atoms with Gasteiger partial charge >= 0.3 is 0 Å². The van der Waals surface area contributed by atoms with E-state index in [-0.39, 0.29) is 11.9 Å². The Bertz CT molecular complexity index is 291. The van der Waals surface area contributed by atoms with Gasteiger partial charge in [0.25, 0.3) is 0 Å². The fraction of sp³-hybridized carbons (Fsp3) is 0.556. The molecule has 1 fully saturated rings. The molecule has 2 N–H and O–H groups in total. The summed E-state index contributed by atoms with van der Waals surface area (Å²) in [5, 5.41) is 6.12. The second-order valence-electron chi connectivity index (χ2n) is 3.41.